The van der Waals surface area contributed by atoms with Crippen LogP contribution < -0.4 is 9.64 Å². The van der Waals surface area contributed by atoms with Gasteiger partial charge in [-0.3, -0.25) is 4.79 Å². The molecule has 7 nitrogen and oxygen atoms in total. The van der Waals surface area contributed by atoms with Crippen molar-refractivity contribution < 1.29 is 22.7 Å². The summed E-state index contributed by atoms with van der Waals surface area (Å²) in [6, 6.07) is 19.3. The minimum Gasteiger partial charge on any atom is -0.406 e. The van der Waals surface area contributed by atoms with Gasteiger partial charge in [-0.2, -0.15) is 4.99 Å². The minimum atomic E-state index is -4.75. The number of benzene rings is 3. The Labute approximate surface area is 252 Å². The molecule has 1 fully saturated rings. The Kier molecular flexibility index (Phi) is 9.19. The molecule has 2 heterocycles. The van der Waals surface area contributed by atoms with Crippen LogP contribution in [0.25, 0.3) is 17.1 Å². The first-order valence-corrected chi connectivity index (χ1v) is 15.0. The summed E-state index contributed by atoms with van der Waals surface area (Å²) in [5.74, 6) is 1.31. The number of hydrogen-bond acceptors (Lipinski definition) is 5. The number of thioether (sulfide) groups is 1. The van der Waals surface area contributed by atoms with E-state index in [4.69, 9.17) is 0 Å². The van der Waals surface area contributed by atoms with Crippen LogP contribution in [0.15, 0.2) is 78.0 Å². The number of carbonyl (C=O) groups excluding carboxylic acids is 1. The van der Waals surface area contributed by atoms with Gasteiger partial charge in [-0.05, 0) is 72.7 Å². The highest BCUT2D eigenvalue weighted by Crippen LogP contribution is 2.34. The predicted octanol–water partition coefficient (Wildman–Crippen LogP) is 7.72. The molecule has 4 aromatic rings. The Morgan fingerprint density at radius 2 is 1.81 bits per heavy atom. The molecule has 0 spiro atoms. The third-order valence-electron chi connectivity index (χ3n) is 7.04. The summed E-state index contributed by atoms with van der Waals surface area (Å²) >= 11 is 1.63. The van der Waals surface area contributed by atoms with Gasteiger partial charge in [0.05, 0.1) is 5.69 Å². The van der Waals surface area contributed by atoms with Crippen molar-refractivity contribution in [1.29, 1.82) is 0 Å². The van der Waals surface area contributed by atoms with Crippen LogP contribution in [0.4, 0.5) is 18.9 Å². The maximum atomic E-state index is 12.9. The van der Waals surface area contributed by atoms with Crippen molar-refractivity contribution in [2.24, 2.45) is 4.99 Å². The van der Waals surface area contributed by atoms with Crippen molar-refractivity contribution >= 4 is 28.5 Å². The number of alkyl halides is 3. The van der Waals surface area contributed by atoms with Gasteiger partial charge >= 0.3 is 6.36 Å². The second-order valence-electron chi connectivity index (χ2n) is 10.6. The van der Waals surface area contributed by atoms with Crippen molar-refractivity contribution in [1.82, 2.24) is 14.8 Å². The molecule has 0 radical (unpaired) electrons. The number of hydrogen-bond donors (Lipinski definition) is 0. The van der Waals surface area contributed by atoms with Crippen LogP contribution in [-0.2, 0) is 11.2 Å². The lowest BCUT2D eigenvalue weighted by molar-refractivity contribution is -0.274. The van der Waals surface area contributed by atoms with Gasteiger partial charge in [-0.15, -0.1) is 18.3 Å². The molecule has 0 saturated carbocycles. The normalized spacial score (nSPS) is 14.9. The van der Waals surface area contributed by atoms with Gasteiger partial charge in [0.1, 0.15) is 12.1 Å². The number of carbonyl (C=O) groups is 1. The number of aryl methyl sites for hydroxylation is 2. The van der Waals surface area contributed by atoms with Gasteiger partial charge in [0.2, 0.25) is 5.91 Å². The van der Waals surface area contributed by atoms with Gasteiger partial charge in [0, 0.05) is 30.0 Å². The number of ether oxygens (including phenoxy) is 1. The monoisotopic (exact) mass is 607 g/mol. The van der Waals surface area contributed by atoms with Crippen molar-refractivity contribution in [3.8, 4) is 22.8 Å². The fourth-order valence-electron chi connectivity index (χ4n) is 5.08. The molecule has 11 heteroatoms. The second-order valence-corrected chi connectivity index (χ2v) is 11.6. The molecule has 0 N–H and O–H groups in total. The third kappa shape index (κ3) is 7.64. The van der Waals surface area contributed by atoms with E-state index >= 15 is 0 Å². The molecule has 0 aliphatic carbocycles. The molecule has 0 bridgehead atoms. The number of nitrogens with zero attached hydrogens (tertiary/aromatic N) is 5. The van der Waals surface area contributed by atoms with Crippen LogP contribution in [0.3, 0.4) is 0 Å². The van der Waals surface area contributed by atoms with E-state index in [1.807, 2.05) is 24.3 Å². The maximum Gasteiger partial charge on any atom is 0.573 e. The fraction of sp³-hybridized carbons (Fsp3) is 0.312. The number of aromatic nitrogens is 3. The average molecular weight is 608 g/mol. The van der Waals surface area contributed by atoms with Crippen LogP contribution in [0.2, 0.25) is 0 Å². The molecule has 224 valence electrons. The molecule has 1 saturated heterocycles. The Morgan fingerprint density at radius 1 is 1.07 bits per heavy atom. The Balaban J connectivity index is 1.21. The summed E-state index contributed by atoms with van der Waals surface area (Å²) in [5, 5.41) is 5.21. The molecule has 1 aliphatic heterocycles. The fourth-order valence-corrected chi connectivity index (χ4v) is 6.05. The molecule has 0 unspecified atom stereocenters. The summed E-state index contributed by atoms with van der Waals surface area (Å²) < 4.78 is 42.6. The van der Waals surface area contributed by atoms with E-state index in [1.54, 1.807) is 11.8 Å². The van der Waals surface area contributed by atoms with Crippen LogP contribution in [0, 0.1) is 6.92 Å². The van der Waals surface area contributed by atoms with E-state index in [9.17, 15) is 18.0 Å². The molecular weight excluding hydrogens is 575 g/mol. The summed E-state index contributed by atoms with van der Waals surface area (Å²) in [5.41, 5.74) is 5.98. The maximum absolute atomic E-state index is 12.9. The highest BCUT2D eigenvalue weighted by molar-refractivity contribution is 8.14. The number of anilines is 1. The standard InChI is InChI=1S/C32H32F3N5O2S/c1-21(2)29-22(3)6-4-7-27(29)39-18-5-19-43-31(39)37-28(41)17-10-23-8-11-24(12-9-23)30-36-20-40(38-30)25-13-15-26(16-14-25)42-32(33,34)35/h4,6-9,11-16,20-21H,5,10,17-19H2,1-3H3. The summed E-state index contributed by atoms with van der Waals surface area (Å²) in [4.78, 5) is 24.0. The molecular formula is C32H32F3N5O2S. The zero-order valence-electron chi connectivity index (χ0n) is 24.1. The number of amides is 1. The third-order valence-corrected chi connectivity index (χ3v) is 8.11. The van der Waals surface area contributed by atoms with Crippen molar-refractivity contribution in [3.05, 3.63) is 89.7 Å². The first-order chi connectivity index (χ1) is 20.6. The molecule has 0 atom stereocenters. The molecule has 1 amide bonds. The minimum absolute atomic E-state index is 0.149. The smallest absolute Gasteiger partial charge is 0.406 e. The highest BCUT2D eigenvalue weighted by atomic mass is 32.2. The van der Waals surface area contributed by atoms with E-state index in [2.05, 4.69) is 63.7 Å². The summed E-state index contributed by atoms with van der Waals surface area (Å²) in [6.07, 6.45) is -1.37. The quantitative estimate of drug-likeness (QED) is 0.204. The Bertz CT molecular complexity index is 1600. The second kappa shape index (κ2) is 13.0. The van der Waals surface area contributed by atoms with Crippen LogP contribution in [0.1, 0.15) is 49.3 Å². The number of rotatable bonds is 8. The van der Waals surface area contributed by atoms with Crippen molar-refractivity contribution in [2.75, 3.05) is 17.2 Å². The highest BCUT2D eigenvalue weighted by Gasteiger charge is 2.31. The number of aliphatic imine (C=N–C) groups is 1. The van der Waals surface area contributed by atoms with Gasteiger partial charge < -0.3 is 9.64 Å². The first-order valence-electron chi connectivity index (χ1n) is 14.1. The molecule has 3 aromatic carbocycles. The van der Waals surface area contributed by atoms with Crippen LogP contribution >= 0.6 is 11.8 Å². The molecule has 1 aliphatic rings. The first kappa shape index (κ1) is 30.3. The topological polar surface area (TPSA) is 72.6 Å². The van der Waals surface area contributed by atoms with Crippen LogP contribution in [0.5, 0.6) is 5.75 Å². The number of amidine groups is 1. The van der Waals surface area contributed by atoms with Gasteiger partial charge in [0.25, 0.3) is 0 Å². The summed E-state index contributed by atoms with van der Waals surface area (Å²) in [7, 11) is 0. The van der Waals surface area contributed by atoms with E-state index in [-0.39, 0.29) is 11.7 Å². The molecule has 5 rings (SSSR count). The average Bonchev–Trinajstić information content (AvgIpc) is 3.46. The van der Waals surface area contributed by atoms with Crippen LogP contribution in [-0.4, -0.2) is 44.5 Å². The summed E-state index contributed by atoms with van der Waals surface area (Å²) in [6.45, 7) is 7.35. The van der Waals surface area contributed by atoms with Gasteiger partial charge in [-0.25, -0.2) is 9.67 Å². The lowest BCUT2D eigenvalue weighted by Gasteiger charge is -2.32. The van der Waals surface area contributed by atoms with E-state index in [1.165, 1.54) is 46.4 Å². The van der Waals surface area contributed by atoms with E-state index in [0.717, 1.165) is 40.7 Å². The molecule has 1 aromatic heterocycles. The number of halogens is 3. The van der Waals surface area contributed by atoms with Crippen molar-refractivity contribution in [2.45, 2.75) is 52.3 Å². The SMILES string of the molecule is Cc1cccc(N2CCCSC2=NC(=O)CCc2ccc(-c3ncn(-c4ccc(OC(F)(F)F)cc4)n3)cc2)c1C(C)C. The molecule has 43 heavy (non-hydrogen) atoms. The predicted molar refractivity (Wildman–Crippen MR) is 164 cm³/mol. The van der Waals surface area contributed by atoms with E-state index < -0.39 is 6.36 Å². The van der Waals surface area contributed by atoms with Crippen molar-refractivity contribution in [3.63, 3.8) is 0 Å². The Hall–Kier alpha value is -4.12. The van der Waals surface area contributed by atoms with Gasteiger partial charge in [-0.1, -0.05) is 62.0 Å². The zero-order valence-corrected chi connectivity index (χ0v) is 25.0. The van der Waals surface area contributed by atoms with E-state index in [0.29, 0.717) is 30.3 Å². The lowest BCUT2D eigenvalue weighted by Crippen LogP contribution is -2.35. The lowest BCUT2D eigenvalue weighted by atomic mass is 9.95. The van der Waals surface area contributed by atoms with Gasteiger partial charge in [0.15, 0.2) is 11.0 Å². The zero-order chi connectivity index (χ0) is 30.6. The largest absolute Gasteiger partial charge is 0.573 e. The Morgan fingerprint density at radius 3 is 2.51 bits per heavy atom.